The van der Waals surface area contributed by atoms with E-state index in [-0.39, 0.29) is 5.56 Å². The Labute approximate surface area is 107 Å². The Kier molecular flexibility index (Phi) is 4.69. The smallest absolute Gasteiger partial charge is 0.124 e. The molecule has 0 amide bonds. The number of halogens is 1. The molecular formula is C14H19FN2O. The molecule has 0 saturated carbocycles. The highest BCUT2D eigenvalue weighted by Gasteiger charge is 2.21. The van der Waals surface area contributed by atoms with E-state index in [2.05, 4.69) is 5.32 Å². The van der Waals surface area contributed by atoms with Gasteiger partial charge in [0.15, 0.2) is 0 Å². The number of nitrogens with one attached hydrogen (secondary N) is 1. The summed E-state index contributed by atoms with van der Waals surface area (Å²) in [5.41, 5.74) is -0.0618. The lowest BCUT2D eigenvalue weighted by Gasteiger charge is -2.26. The molecule has 0 spiro atoms. The van der Waals surface area contributed by atoms with Gasteiger partial charge in [-0.1, -0.05) is 13.8 Å². The van der Waals surface area contributed by atoms with Gasteiger partial charge in [0.1, 0.15) is 11.9 Å². The number of nitriles is 1. The maximum Gasteiger partial charge on any atom is 0.124 e. The van der Waals surface area contributed by atoms with E-state index in [4.69, 9.17) is 5.26 Å². The van der Waals surface area contributed by atoms with Gasteiger partial charge in [0, 0.05) is 6.54 Å². The predicted molar refractivity (Wildman–Crippen MR) is 69.7 cm³/mol. The lowest BCUT2D eigenvalue weighted by atomic mass is 9.94. The molecule has 3 nitrogen and oxygen atoms in total. The van der Waals surface area contributed by atoms with Crippen LogP contribution in [-0.4, -0.2) is 17.3 Å². The molecule has 1 aromatic carbocycles. The third-order valence-electron chi connectivity index (χ3n) is 2.61. The molecule has 0 aliphatic heterocycles. The van der Waals surface area contributed by atoms with E-state index >= 15 is 0 Å². The molecule has 0 radical (unpaired) electrons. The quantitative estimate of drug-likeness (QED) is 0.844. The minimum absolute atomic E-state index is 0.246. The molecule has 0 aromatic heterocycles. The average molecular weight is 250 g/mol. The van der Waals surface area contributed by atoms with Crippen LogP contribution in [0, 0.1) is 23.1 Å². The zero-order chi connectivity index (χ0) is 13.8. The summed E-state index contributed by atoms with van der Waals surface area (Å²) >= 11 is 0. The maximum atomic E-state index is 13.0. The van der Waals surface area contributed by atoms with Gasteiger partial charge in [-0.25, -0.2) is 4.39 Å². The zero-order valence-corrected chi connectivity index (χ0v) is 11.0. The molecule has 0 bridgehead atoms. The Hall–Kier alpha value is -1.60. The molecule has 1 atom stereocenters. The van der Waals surface area contributed by atoms with Crippen molar-refractivity contribution in [2.45, 2.75) is 32.8 Å². The summed E-state index contributed by atoms with van der Waals surface area (Å²) in [5, 5.41) is 22.0. The largest absolute Gasteiger partial charge is 0.388 e. The van der Waals surface area contributed by atoms with Crippen LogP contribution < -0.4 is 5.32 Å². The summed E-state index contributed by atoms with van der Waals surface area (Å²) < 4.78 is 13.0. The number of hydrogen-bond acceptors (Lipinski definition) is 3. The van der Waals surface area contributed by atoms with Crippen molar-refractivity contribution in [3.8, 4) is 6.07 Å². The van der Waals surface area contributed by atoms with Crippen molar-refractivity contribution in [2.75, 3.05) is 11.9 Å². The topological polar surface area (TPSA) is 56.0 Å². The van der Waals surface area contributed by atoms with Crippen LogP contribution in [0.5, 0.6) is 0 Å². The molecular weight excluding hydrogens is 231 g/mol. The van der Waals surface area contributed by atoms with Crippen molar-refractivity contribution < 1.29 is 9.50 Å². The minimum Gasteiger partial charge on any atom is -0.388 e. The van der Waals surface area contributed by atoms with Crippen LogP contribution in [0.1, 0.15) is 32.8 Å². The molecule has 18 heavy (non-hydrogen) atoms. The van der Waals surface area contributed by atoms with Gasteiger partial charge in [-0.05, 0) is 37.5 Å². The minimum atomic E-state index is -0.852. The van der Waals surface area contributed by atoms with Gasteiger partial charge in [-0.2, -0.15) is 5.26 Å². The molecule has 1 aromatic rings. The fourth-order valence-corrected chi connectivity index (χ4v) is 2.00. The molecule has 0 saturated heterocycles. The van der Waals surface area contributed by atoms with Crippen LogP contribution in [0.15, 0.2) is 18.2 Å². The number of aliphatic hydroxyl groups is 1. The summed E-state index contributed by atoms with van der Waals surface area (Å²) in [4.78, 5) is 0. The first kappa shape index (κ1) is 14.5. The van der Waals surface area contributed by atoms with Crippen molar-refractivity contribution in [3.05, 3.63) is 29.6 Å². The van der Waals surface area contributed by atoms with E-state index < -0.39 is 11.4 Å². The third kappa shape index (κ3) is 4.34. The van der Waals surface area contributed by atoms with Crippen LogP contribution in [0.4, 0.5) is 10.1 Å². The first-order valence-corrected chi connectivity index (χ1v) is 6.00. The predicted octanol–water partition coefficient (Wildman–Crippen LogP) is 2.91. The van der Waals surface area contributed by atoms with Gasteiger partial charge in [-0.3, -0.25) is 0 Å². The van der Waals surface area contributed by atoms with Gasteiger partial charge in [0.05, 0.1) is 16.9 Å². The molecule has 1 unspecified atom stereocenters. The van der Waals surface area contributed by atoms with E-state index in [1.807, 2.05) is 19.9 Å². The van der Waals surface area contributed by atoms with E-state index in [9.17, 15) is 9.50 Å². The normalized spacial score (nSPS) is 14.1. The lowest BCUT2D eigenvalue weighted by Crippen LogP contribution is -2.35. The molecule has 0 fully saturated rings. The van der Waals surface area contributed by atoms with E-state index in [1.165, 1.54) is 18.2 Å². The molecule has 0 aliphatic rings. The summed E-state index contributed by atoms with van der Waals surface area (Å²) in [6, 6.07) is 5.91. The number of nitrogens with zero attached hydrogens (tertiary/aromatic N) is 1. The van der Waals surface area contributed by atoms with E-state index in [0.29, 0.717) is 24.6 Å². The van der Waals surface area contributed by atoms with E-state index in [0.717, 1.165) is 0 Å². The summed E-state index contributed by atoms with van der Waals surface area (Å²) in [7, 11) is 0. The average Bonchev–Trinajstić information content (AvgIpc) is 2.25. The fraction of sp³-hybridized carbons (Fsp3) is 0.500. The Bertz CT molecular complexity index is 450. The lowest BCUT2D eigenvalue weighted by molar-refractivity contribution is 0.0515. The number of rotatable bonds is 5. The van der Waals surface area contributed by atoms with E-state index in [1.54, 1.807) is 6.92 Å². The van der Waals surface area contributed by atoms with Crippen LogP contribution >= 0.6 is 0 Å². The van der Waals surface area contributed by atoms with Gasteiger partial charge in [0.25, 0.3) is 0 Å². The van der Waals surface area contributed by atoms with Gasteiger partial charge < -0.3 is 10.4 Å². The highest BCUT2D eigenvalue weighted by Crippen LogP contribution is 2.20. The van der Waals surface area contributed by atoms with Gasteiger partial charge in [-0.15, -0.1) is 0 Å². The van der Waals surface area contributed by atoms with Crippen molar-refractivity contribution in [3.63, 3.8) is 0 Å². The Morgan fingerprint density at radius 3 is 2.72 bits per heavy atom. The number of anilines is 1. The van der Waals surface area contributed by atoms with Crippen molar-refractivity contribution in [1.82, 2.24) is 0 Å². The molecule has 98 valence electrons. The second-order valence-electron chi connectivity index (χ2n) is 5.25. The zero-order valence-electron chi connectivity index (χ0n) is 11.0. The second kappa shape index (κ2) is 5.83. The van der Waals surface area contributed by atoms with Crippen molar-refractivity contribution >= 4 is 5.69 Å². The van der Waals surface area contributed by atoms with Gasteiger partial charge in [0.2, 0.25) is 0 Å². The van der Waals surface area contributed by atoms with Crippen molar-refractivity contribution in [1.29, 1.82) is 5.26 Å². The Morgan fingerprint density at radius 1 is 1.50 bits per heavy atom. The molecule has 2 N–H and O–H groups in total. The Balaban J connectivity index is 2.72. The summed E-state index contributed by atoms with van der Waals surface area (Å²) in [6.45, 7) is 6.14. The second-order valence-corrected chi connectivity index (χ2v) is 5.25. The highest BCUT2D eigenvalue weighted by molar-refractivity contribution is 5.57. The summed E-state index contributed by atoms with van der Waals surface area (Å²) in [5.74, 6) is -0.0588. The third-order valence-corrected chi connectivity index (χ3v) is 2.61. The fourth-order valence-electron chi connectivity index (χ4n) is 2.00. The van der Waals surface area contributed by atoms with Crippen LogP contribution in [-0.2, 0) is 0 Å². The number of hydrogen-bond donors (Lipinski definition) is 2. The monoisotopic (exact) mass is 250 g/mol. The molecule has 0 aliphatic carbocycles. The van der Waals surface area contributed by atoms with Gasteiger partial charge >= 0.3 is 0 Å². The summed E-state index contributed by atoms with van der Waals surface area (Å²) in [6.07, 6.45) is 0.656. The van der Waals surface area contributed by atoms with Crippen LogP contribution in [0.3, 0.4) is 0 Å². The molecule has 1 rings (SSSR count). The van der Waals surface area contributed by atoms with Crippen LogP contribution in [0.25, 0.3) is 0 Å². The first-order chi connectivity index (χ1) is 8.34. The highest BCUT2D eigenvalue weighted by atomic mass is 19.1. The number of benzene rings is 1. The standard InChI is InChI=1S/C14H19FN2O/c1-10(2)7-14(3,18)9-17-13-5-4-12(15)6-11(13)8-16/h4-6,10,17-18H,7,9H2,1-3H3. The maximum absolute atomic E-state index is 13.0. The first-order valence-electron chi connectivity index (χ1n) is 6.00. The molecule has 4 heteroatoms. The SMILES string of the molecule is CC(C)CC(C)(O)CNc1ccc(F)cc1C#N. The van der Waals surface area contributed by atoms with Crippen molar-refractivity contribution in [2.24, 2.45) is 5.92 Å². The molecule has 0 heterocycles. The Morgan fingerprint density at radius 2 is 2.17 bits per heavy atom. The van der Waals surface area contributed by atoms with Crippen LogP contribution in [0.2, 0.25) is 0 Å².